The van der Waals surface area contributed by atoms with Gasteiger partial charge in [-0.3, -0.25) is 24.0 Å². The Morgan fingerprint density at radius 3 is 2.41 bits per heavy atom. The van der Waals surface area contributed by atoms with Crippen molar-refractivity contribution >= 4 is 40.2 Å². The van der Waals surface area contributed by atoms with Crippen molar-refractivity contribution in [1.29, 1.82) is 0 Å². The summed E-state index contributed by atoms with van der Waals surface area (Å²) < 4.78 is 14.2. The first-order valence-corrected chi connectivity index (χ1v) is 12.0. The number of ketones is 1. The van der Waals surface area contributed by atoms with Crippen LogP contribution in [0.1, 0.15) is 28.4 Å². The van der Waals surface area contributed by atoms with Crippen LogP contribution in [-0.4, -0.2) is 50.9 Å². The highest BCUT2D eigenvalue weighted by Gasteiger charge is 2.30. The number of alkyl halides is 1. The fraction of sp³-hybridized carbons (Fsp3) is 0.179. The zero-order valence-electron chi connectivity index (χ0n) is 20.6. The van der Waals surface area contributed by atoms with E-state index in [1.807, 2.05) is 24.3 Å². The highest BCUT2D eigenvalue weighted by molar-refractivity contribution is 6.04. The molecule has 4 N–H and O–H groups in total. The Kier molecular flexibility index (Phi) is 8.30. The van der Waals surface area contributed by atoms with Crippen LogP contribution in [0.2, 0.25) is 0 Å². The molecule has 0 saturated heterocycles. The van der Waals surface area contributed by atoms with Crippen molar-refractivity contribution in [2.45, 2.75) is 24.9 Å². The molecule has 2 heterocycles. The van der Waals surface area contributed by atoms with E-state index in [9.17, 15) is 28.4 Å². The Balaban J connectivity index is 1.71. The van der Waals surface area contributed by atoms with Crippen LogP contribution in [0.3, 0.4) is 0 Å². The molecular formula is C28H25FN4O6. The van der Waals surface area contributed by atoms with Crippen LogP contribution >= 0.6 is 0 Å². The molecule has 0 bridgehead atoms. The summed E-state index contributed by atoms with van der Waals surface area (Å²) in [6.07, 6.45) is 2.17. The third-order valence-corrected chi connectivity index (χ3v) is 6.20. The number of carbonyl (C=O) groups is 4. The zero-order chi connectivity index (χ0) is 27.9. The van der Waals surface area contributed by atoms with Crippen LogP contribution in [0.15, 0.2) is 83.9 Å². The second kappa shape index (κ2) is 12.0. The van der Waals surface area contributed by atoms with Gasteiger partial charge in [-0.1, -0.05) is 36.4 Å². The van der Waals surface area contributed by atoms with Gasteiger partial charge in [0.15, 0.2) is 5.78 Å². The Bertz CT molecular complexity index is 1580. The van der Waals surface area contributed by atoms with Gasteiger partial charge in [-0.15, -0.1) is 0 Å². The van der Waals surface area contributed by atoms with Crippen molar-refractivity contribution in [2.75, 3.05) is 12.0 Å². The summed E-state index contributed by atoms with van der Waals surface area (Å²) in [5, 5.41) is 14.8. The fourth-order valence-corrected chi connectivity index (χ4v) is 4.24. The SMILES string of the molecule is O=C(O)C[C@@H](NC(=O)[C@H](Cc1c[nH]c2ccccc12)n1cccc(NC(=O)c2ccccc2)c1=O)C(=O)CF. The molecule has 10 nitrogen and oxygen atoms in total. The predicted octanol–water partition coefficient (Wildman–Crippen LogP) is 2.86. The minimum Gasteiger partial charge on any atom is -0.481 e. The van der Waals surface area contributed by atoms with Gasteiger partial charge < -0.3 is 25.3 Å². The van der Waals surface area contributed by atoms with E-state index in [1.54, 1.807) is 36.5 Å². The number of nitrogens with one attached hydrogen (secondary N) is 3. The molecule has 0 fully saturated rings. The van der Waals surface area contributed by atoms with Gasteiger partial charge in [0.05, 0.1) is 6.42 Å². The predicted molar refractivity (Wildman–Crippen MR) is 141 cm³/mol. The summed E-state index contributed by atoms with van der Waals surface area (Å²) in [5.41, 5.74) is 0.988. The maximum atomic E-state index is 13.5. The molecule has 39 heavy (non-hydrogen) atoms. The van der Waals surface area contributed by atoms with E-state index in [0.717, 1.165) is 15.5 Å². The maximum Gasteiger partial charge on any atom is 0.305 e. The number of carboxylic acids is 1. The van der Waals surface area contributed by atoms with E-state index in [4.69, 9.17) is 5.11 Å². The van der Waals surface area contributed by atoms with Crippen LogP contribution < -0.4 is 16.2 Å². The monoisotopic (exact) mass is 532 g/mol. The maximum absolute atomic E-state index is 13.5. The number of Topliss-reactive ketones (excluding diaryl/α,β-unsaturated/α-hetero) is 1. The van der Waals surface area contributed by atoms with E-state index in [0.29, 0.717) is 11.1 Å². The van der Waals surface area contributed by atoms with E-state index in [2.05, 4.69) is 15.6 Å². The number of hydrogen-bond donors (Lipinski definition) is 4. The molecule has 2 aromatic carbocycles. The molecule has 200 valence electrons. The summed E-state index contributed by atoms with van der Waals surface area (Å²) >= 11 is 0. The Morgan fingerprint density at radius 2 is 1.69 bits per heavy atom. The smallest absolute Gasteiger partial charge is 0.305 e. The number of aliphatic carboxylic acids is 1. The van der Waals surface area contributed by atoms with Gasteiger partial charge in [0.2, 0.25) is 5.91 Å². The van der Waals surface area contributed by atoms with Crippen LogP contribution in [0, 0.1) is 0 Å². The highest BCUT2D eigenvalue weighted by Crippen LogP contribution is 2.23. The van der Waals surface area contributed by atoms with Gasteiger partial charge in [-0.25, -0.2) is 4.39 Å². The summed E-state index contributed by atoms with van der Waals surface area (Å²) in [5.74, 6) is -3.90. The van der Waals surface area contributed by atoms with Crippen molar-refractivity contribution in [3.63, 3.8) is 0 Å². The molecule has 2 atom stereocenters. The number of pyridine rings is 1. The molecule has 2 amide bonds. The van der Waals surface area contributed by atoms with Crippen LogP contribution in [-0.2, 0) is 20.8 Å². The van der Waals surface area contributed by atoms with E-state index >= 15 is 0 Å². The number of aromatic nitrogens is 2. The Hall–Kier alpha value is -5.06. The first-order valence-electron chi connectivity index (χ1n) is 12.0. The number of rotatable bonds is 11. The van der Waals surface area contributed by atoms with Crippen molar-refractivity contribution < 1.29 is 28.7 Å². The number of benzene rings is 2. The van der Waals surface area contributed by atoms with Gasteiger partial charge in [0, 0.05) is 35.3 Å². The molecule has 0 aliphatic carbocycles. The fourth-order valence-electron chi connectivity index (χ4n) is 4.24. The Morgan fingerprint density at radius 1 is 0.974 bits per heavy atom. The number of H-pyrrole nitrogens is 1. The molecular weight excluding hydrogens is 507 g/mol. The summed E-state index contributed by atoms with van der Waals surface area (Å²) in [6.45, 7) is -1.47. The number of fused-ring (bicyclic) bond motifs is 1. The van der Waals surface area contributed by atoms with E-state index in [-0.39, 0.29) is 12.1 Å². The average molecular weight is 533 g/mol. The number of para-hydroxylation sites is 1. The minimum absolute atomic E-state index is 0.0323. The summed E-state index contributed by atoms with van der Waals surface area (Å²) in [4.78, 5) is 66.0. The second-order valence-electron chi connectivity index (χ2n) is 8.79. The first-order chi connectivity index (χ1) is 18.8. The number of carboxylic acid groups (broad SMARTS) is 1. The molecule has 0 spiro atoms. The van der Waals surface area contributed by atoms with E-state index < -0.39 is 54.3 Å². The van der Waals surface area contributed by atoms with Crippen molar-refractivity contribution in [3.8, 4) is 0 Å². The third kappa shape index (κ3) is 6.27. The van der Waals surface area contributed by atoms with Gasteiger partial charge in [-0.2, -0.15) is 0 Å². The largest absolute Gasteiger partial charge is 0.481 e. The topological polar surface area (TPSA) is 150 Å². The summed E-state index contributed by atoms with van der Waals surface area (Å²) in [6, 6.07) is 15.5. The van der Waals surface area contributed by atoms with Gasteiger partial charge >= 0.3 is 5.97 Å². The number of halogens is 1. The van der Waals surface area contributed by atoms with Crippen molar-refractivity contribution in [1.82, 2.24) is 14.9 Å². The number of amides is 2. The Labute approximate surface area is 221 Å². The quantitative estimate of drug-likeness (QED) is 0.233. The van der Waals surface area contributed by atoms with Crippen LogP contribution in [0.25, 0.3) is 10.9 Å². The number of hydrogen-bond acceptors (Lipinski definition) is 5. The third-order valence-electron chi connectivity index (χ3n) is 6.20. The van der Waals surface area contributed by atoms with Crippen molar-refractivity contribution in [2.24, 2.45) is 0 Å². The minimum atomic E-state index is -1.62. The zero-order valence-corrected chi connectivity index (χ0v) is 20.6. The lowest BCUT2D eigenvalue weighted by molar-refractivity contribution is -0.140. The first kappa shape index (κ1) is 27.0. The number of carbonyl (C=O) groups excluding carboxylic acids is 3. The summed E-state index contributed by atoms with van der Waals surface area (Å²) in [7, 11) is 0. The van der Waals surface area contributed by atoms with Crippen molar-refractivity contribution in [3.05, 3.63) is 101 Å². The molecule has 0 unspecified atom stereocenters. The lowest BCUT2D eigenvalue weighted by Crippen LogP contribution is -2.47. The molecule has 0 aliphatic rings. The van der Waals surface area contributed by atoms with Crippen LogP contribution in [0.4, 0.5) is 10.1 Å². The molecule has 0 saturated carbocycles. The molecule has 2 aromatic heterocycles. The lowest BCUT2D eigenvalue weighted by atomic mass is 10.0. The number of anilines is 1. The van der Waals surface area contributed by atoms with E-state index in [1.165, 1.54) is 18.3 Å². The van der Waals surface area contributed by atoms with Gasteiger partial charge in [0.25, 0.3) is 11.5 Å². The second-order valence-corrected chi connectivity index (χ2v) is 8.79. The molecule has 4 aromatic rings. The van der Waals surface area contributed by atoms with Gasteiger partial charge in [0.1, 0.15) is 24.4 Å². The molecule has 11 heteroatoms. The lowest BCUT2D eigenvalue weighted by Gasteiger charge is -2.23. The molecule has 4 rings (SSSR count). The number of nitrogens with zero attached hydrogens (tertiary/aromatic N) is 1. The normalized spacial score (nSPS) is 12.4. The average Bonchev–Trinajstić information content (AvgIpc) is 3.35. The standard InChI is InChI=1S/C28H25FN4O6/c29-15-24(34)22(14-25(35)36)32-27(38)23(13-18-16-30-20-10-5-4-9-19(18)20)33-12-6-11-21(28(33)39)31-26(37)17-7-2-1-3-8-17/h1-12,16,22-23,30H,13-15H2,(H,31,37)(H,32,38)(H,35,36)/t22-,23+/m1/s1. The van der Waals surface area contributed by atoms with Gasteiger partial charge in [-0.05, 0) is 35.9 Å². The number of aromatic amines is 1. The highest BCUT2D eigenvalue weighted by atomic mass is 19.1. The molecule has 0 radical (unpaired) electrons. The molecule has 0 aliphatic heterocycles. The van der Waals surface area contributed by atoms with Crippen LogP contribution in [0.5, 0.6) is 0 Å².